The molecule has 182 valence electrons. The van der Waals surface area contributed by atoms with E-state index in [1.807, 2.05) is 36.4 Å². The number of para-hydroxylation sites is 2. The van der Waals surface area contributed by atoms with Crippen molar-refractivity contribution < 1.29 is 0 Å². The molecule has 0 aliphatic carbocycles. The summed E-state index contributed by atoms with van der Waals surface area (Å²) in [4.78, 5) is 5.01. The minimum atomic E-state index is 0.129. The molecule has 0 aliphatic heterocycles. The van der Waals surface area contributed by atoms with Crippen LogP contribution in [-0.2, 0) is 0 Å². The SMILES string of the molecule is CCC(Nc1ccccc1)Nc1ccc2cc3ccc(NC(CC)Nc4ccccc4)cc3nc2c1. The first-order valence-corrected chi connectivity index (χ1v) is 12.7. The van der Waals surface area contributed by atoms with Crippen LogP contribution in [0.5, 0.6) is 0 Å². The maximum Gasteiger partial charge on any atom is 0.0960 e. The quantitative estimate of drug-likeness (QED) is 0.122. The third kappa shape index (κ3) is 5.69. The zero-order chi connectivity index (χ0) is 24.7. The molecule has 2 unspecified atom stereocenters. The molecule has 0 saturated heterocycles. The summed E-state index contributed by atoms with van der Waals surface area (Å²) < 4.78 is 0. The molecular formula is C31H33N5. The highest BCUT2D eigenvalue weighted by molar-refractivity contribution is 5.95. The van der Waals surface area contributed by atoms with Crippen molar-refractivity contribution in [3.05, 3.63) is 103 Å². The molecular weight excluding hydrogens is 442 g/mol. The molecule has 4 aromatic carbocycles. The summed E-state index contributed by atoms with van der Waals surface area (Å²) in [6.45, 7) is 4.34. The monoisotopic (exact) mass is 475 g/mol. The third-order valence-electron chi connectivity index (χ3n) is 6.34. The number of rotatable bonds is 10. The molecule has 0 fully saturated rings. The van der Waals surface area contributed by atoms with Crippen molar-refractivity contribution in [3.63, 3.8) is 0 Å². The predicted molar refractivity (Wildman–Crippen MR) is 155 cm³/mol. The molecule has 0 radical (unpaired) electrons. The van der Waals surface area contributed by atoms with Crippen molar-refractivity contribution in [3.8, 4) is 0 Å². The van der Waals surface area contributed by atoms with Gasteiger partial charge in [0.25, 0.3) is 0 Å². The molecule has 1 heterocycles. The van der Waals surface area contributed by atoms with Gasteiger partial charge in [0.05, 0.1) is 23.4 Å². The summed E-state index contributed by atoms with van der Waals surface area (Å²) in [6, 6.07) is 35.6. The van der Waals surface area contributed by atoms with E-state index in [4.69, 9.17) is 4.98 Å². The fourth-order valence-corrected chi connectivity index (χ4v) is 4.36. The largest absolute Gasteiger partial charge is 0.365 e. The lowest BCUT2D eigenvalue weighted by Crippen LogP contribution is -2.27. The van der Waals surface area contributed by atoms with Gasteiger partial charge in [-0.3, -0.25) is 0 Å². The van der Waals surface area contributed by atoms with Crippen molar-refractivity contribution in [1.82, 2.24) is 4.98 Å². The fourth-order valence-electron chi connectivity index (χ4n) is 4.36. The van der Waals surface area contributed by atoms with Crippen LogP contribution in [0.1, 0.15) is 26.7 Å². The average molecular weight is 476 g/mol. The zero-order valence-electron chi connectivity index (χ0n) is 20.8. The van der Waals surface area contributed by atoms with Gasteiger partial charge in [-0.2, -0.15) is 0 Å². The van der Waals surface area contributed by atoms with Crippen LogP contribution in [0.25, 0.3) is 21.8 Å². The summed E-state index contributed by atoms with van der Waals surface area (Å²) >= 11 is 0. The average Bonchev–Trinajstić information content (AvgIpc) is 2.92. The van der Waals surface area contributed by atoms with Crippen LogP contribution in [-0.4, -0.2) is 17.3 Å². The van der Waals surface area contributed by atoms with E-state index in [0.717, 1.165) is 57.4 Å². The number of fused-ring (bicyclic) bond motifs is 2. The summed E-state index contributed by atoms with van der Waals surface area (Å²) in [5.41, 5.74) is 6.28. The van der Waals surface area contributed by atoms with Gasteiger partial charge in [-0.15, -0.1) is 0 Å². The Balaban J connectivity index is 1.35. The molecule has 5 aromatic rings. The predicted octanol–water partition coefficient (Wildman–Crippen LogP) is 7.91. The van der Waals surface area contributed by atoms with Crippen LogP contribution in [0.4, 0.5) is 22.7 Å². The molecule has 5 heteroatoms. The Hall–Kier alpha value is -4.25. The molecule has 36 heavy (non-hydrogen) atoms. The first-order chi connectivity index (χ1) is 17.7. The van der Waals surface area contributed by atoms with Crippen LogP contribution in [0.3, 0.4) is 0 Å². The molecule has 1 aromatic heterocycles. The first-order valence-electron chi connectivity index (χ1n) is 12.7. The van der Waals surface area contributed by atoms with E-state index >= 15 is 0 Å². The minimum absolute atomic E-state index is 0.129. The number of anilines is 4. The Morgan fingerprint density at radius 2 is 0.917 bits per heavy atom. The van der Waals surface area contributed by atoms with Crippen LogP contribution in [0, 0.1) is 0 Å². The first kappa shape index (κ1) is 23.5. The van der Waals surface area contributed by atoms with Gasteiger partial charge in [-0.1, -0.05) is 62.4 Å². The summed E-state index contributed by atoms with van der Waals surface area (Å²) in [5.74, 6) is 0. The smallest absolute Gasteiger partial charge is 0.0960 e. The van der Waals surface area contributed by atoms with Crippen LogP contribution in [0.2, 0.25) is 0 Å². The Morgan fingerprint density at radius 1 is 0.500 bits per heavy atom. The lowest BCUT2D eigenvalue weighted by molar-refractivity contribution is 0.779. The normalized spacial score (nSPS) is 12.7. The van der Waals surface area contributed by atoms with Crippen molar-refractivity contribution in [2.24, 2.45) is 0 Å². The number of aromatic nitrogens is 1. The van der Waals surface area contributed by atoms with Crippen LogP contribution >= 0.6 is 0 Å². The summed E-state index contributed by atoms with van der Waals surface area (Å²) in [6.07, 6.45) is 2.15. The van der Waals surface area contributed by atoms with E-state index in [2.05, 4.69) is 102 Å². The van der Waals surface area contributed by atoms with Crippen molar-refractivity contribution in [2.75, 3.05) is 21.3 Å². The van der Waals surface area contributed by atoms with Gasteiger partial charge in [0, 0.05) is 33.5 Å². The molecule has 2 atom stereocenters. The Morgan fingerprint density at radius 3 is 1.33 bits per heavy atom. The topological polar surface area (TPSA) is 61.0 Å². The molecule has 0 amide bonds. The van der Waals surface area contributed by atoms with E-state index in [0.29, 0.717) is 0 Å². The number of nitrogens with one attached hydrogen (secondary N) is 4. The number of benzene rings is 4. The van der Waals surface area contributed by atoms with Gasteiger partial charge in [0.2, 0.25) is 0 Å². The Labute approximate surface area is 213 Å². The molecule has 0 spiro atoms. The lowest BCUT2D eigenvalue weighted by atomic mass is 10.1. The highest BCUT2D eigenvalue weighted by Crippen LogP contribution is 2.26. The Kier molecular flexibility index (Phi) is 7.17. The minimum Gasteiger partial charge on any atom is -0.365 e. The fraction of sp³-hybridized carbons (Fsp3) is 0.194. The van der Waals surface area contributed by atoms with E-state index in [-0.39, 0.29) is 12.3 Å². The highest BCUT2D eigenvalue weighted by Gasteiger charge is 2.09. The molecule has 4 N–H and O–H groups in total. The van der Waals surface area contributed by atoms with Crippen molar-refractivity contribution in [1.29, 1.82) is 0 Å². The molecule has 5 nitrogen and oxygen atoms in total. The van der Waals surface area contributed by atoms with Crippen LogP contribution in [0.15, 0.2) is 103 Å². The van der Waals surface area contributed by atoms with E-state index in [1.54, 1.807) is 0 Å². The maximum atomic E-state index is 5.01. The second kappa shape index (κ2) is 11.0. The third-order valence-corrected chi connectivity index (χ3v) is 6.34. The van der Waals surface area contributed by atoms with Gasteiger partial charge in [0.1, 0.15) is 0 Å². The molecule has 5 rings (SSSR count). The number of pyridine rings is 1. The summed E-state index contributed by atoms with van der Waals surface area (Å²) in [5, 5.41) is 16.6. The van der Waals surface area contributed by atoms with Gasteiger partial charge in [0.15, 0.2) is 0 Å². The highest BCUT2D eigenvalue weighted by atomic mass is 15.1. The van der Waals surface area contributed by atoms with Gasteiger partial charge in [-0.25, -0.2) is 4.98 Å². The second-order valence-electron chi connectivity index (χ2n) is 9.03. The van der Waals surface area contributed by atoms with Gasteiger partial charge >= 0.3 is 0 Å². The number of hydrogen-bond acceptors (Lipinski definition) is 5. The van der Waals surface area contributed by atoms with E-state index < -0.39 is 0 Å². The maximum absolute atomic E-state index is 5.01. The molecule has 0 saturated carbocycles. The summed E-state index contributed by atoms with van der Waals surface area (Å²) in [7, 11) is 0. The van der Waals surface area contributed by atoms with Crippen molar-refractivity contribution >= 4 is 44.6 Å². The lowest BCUT2D eigenvalue weighted by Gasteiger charge is -2.21. The van der Waals surface area contributed by atoms with Gasteiger partial charge in [-0.05, 0) is 67.4 Å². The van der Waals surface area contributed by atoms with E-state index in [1.165, 1.54) is 0 Å². The van der Waals surface area contributed by atoms with Crippen molar-refractivity contribution in [2.45, 2.75) is 39.0 Å². The standard InChI is InChI=1S/C31H33N5/c1-3-30(32-24-11-7-5-8-12-24)34-26-17-15-22-19-23-16-18-27(21-29(23)36-28(22)20-26)35-31(4-2)33-25-13-9-6-10-14-25/h5-21,30-35H,3-4H2,1-2H3. The van der Waals surface area contributed by atoms with E-state index in [9.17, 15) is 0 Å². The molecule has 0 aliphatic rings. The zero-order valence-corrected chi connectivity index (χ0v) is 20.8. The van der Waals surface area contributed by atoms with Gasteiger partial charge < -0.3 is 21.3 Å². The number of hydrogen-bond donors (Lipinski definition) is 4. The Bertz CT molecular complexity index is 1310. The van der Waals surface area contributed by atoms with Crippen LogP contribution < -0.4 is 21.3 Å². The molecule has 0 bridgehead atoms. The number of nitrogens with zero attached hydrogens (tertiary/aromatic N) is 1. The second-order valence-corrected chi connectivity index (χ2v) is 9.03.